The molecule has 0 spiro atoms. The lowest BCUT2D eigenvalue weighted by molar-refractivity contribution is -0.143. The third-order valence-corrected chi connectivity index (χ3v) is 5.20. The number of halogens is 1. The maximum atomic E-state index is 11.2. The van der Waals surface area contributed by atoms with Crippen molar-refractivity contribution in [1.29, 1.82) is 0 Å². The number of nitrogens with zero attached hydrogens (tertiary/aromatic N) is 2. The highest BCUT2D eigenvalue weighted by Gasteiger charge is 2.25. The Balaban J connectivity index is 0.00000341. The molecule has 0 aromatic heterocycles. The molecular weight excluding hydrogens is 420 g/mol. The van der Waals surface area contributed by atoms with E-state index in [1.807, 2.05) is 48.5 Å². The van der Waals surface area contributed by atoms with Crippen LogP contribution >= 0.6 is 12.4 Å². The van der Waals surface area contributed by atoms with Gasteiger partial charge >= 0.3 is 5.97 Å². The molecule has 3 rings (SSSR count). The van der Waals surface area contributed by atoms with Crippen LogP contribution in [0.4, 0.5) is 0 Å². The molecule has 2 aromatic rings. The van der Waals surface area contributed by atoms with Crippen LogP contribution in [0, 0.1) is 5.92 Å². The Morgan fingerprint density at radius 3 is 2.26 bits per heavy atom. The number of carboxylic acids is 1. The lowest BCUT2D eigenvalue weighted by Crippen LogP contribution is -2.40. The van der Waals surface area contributed by atoms with E-state index in [0.717, 1.165) is 42.0 Å². The molecule has 0 bridgehead atoms. The Morgan fingerprint density at radius 1 is 1.10 bits per heavy atom. The molecule has 7 nitrogen and oxygen atoms in total. The van der Waals surface area contributed by atoms with E-state index in [1.165, 1.54) is 0 Å². The number of ether oxygens (including phenoxy) is 2. The molecule has 1 aliphatic heterocycles. The smallest absolute Gasteiger partial charge is 0.307 e. The molecule has 0 aliphatic carbocycles. The average molecular weight is 449 g/mol. The number of piperidine rings is 1. The number of carbonyl (C=O) groups is 1. The van der Waals surface area contributed by atoms with Gasteiger partial charge in [-0.2, -0.15) is 0 Å². The van der Waals surface area contributed by atoms with Crippen molar-refractivity contribution in [2.45, 2.75) is 12.8 Å². The number of hydrogen-bond acceptors (Lipinski definition) is 6. The highest BCUT2D eigenvalue weighted by Crippen LogP contribution is 2.21. The van der Waals surface area contributed by atoms with E-state index < -0.39 is 5.97 Å². The quantitative estimate of drug-likeness (QED) is 0.358. The third kappa shape index (κ3) is 6.87. The largest absolute Gasteiger partial charge is 0.497 e. The van der Waals surface area contributed by atoms with Crippen molar-refractivity contribution in [3.8, 4) is 11.5 Å². The highest BCUT2D eigenvalue weighted by atomic mass is 35.5. The van der Waals surface area contributed by atoms with E-state index in [9.17, 15) is 9.90 Å². The summed E-state index contributed by atoms with van der Waals surface area (Å²) in [7, 11) is 3.25. The third-order valence-electron chi connectivity index (χ3n) is 5.20. The fourth-order valence-corrected chi connectivity index (χ4v) is 3.55. The predicted octanol–water partition coefficient (Wildman–Crippen LogP) is 3.69. The van der Waals surface area contributed by atoms with E-state index in [1.54, 1.807) is 14.2 Å². The first kappa shape index (κ1) is 24.5. The molecule has 1 heterocycles. The topological polar surface area (TPSA) is 80.6 Å². The van der Waals surface area contributed by atoms with Crippen molar-refractivity contribution in [3.63, 3.8) is 0 Å². The summed E-state index contributed by atoms with van der Waals surface area (Å²) < 4.78 is 10.7. The summed E-state index contributed by atoms with van der Waals surface area (Å²) in [6.07, 6.45) is 1.62. The zero-order chi connectivity index (χ0) is 21.3. The lowest BCUT2D eigenvalue weighted by Gasteiger charge is -2.29. The molecule has 1 N–H and O–H groups in total. The van der Waals surface area contributed by atoms with Gasteiger partial charge in [-0.05, 0) is 43.7 Å². The molecule has 1 aliphatic rings. The SMILES string of the molecule is COc1cccc(C(=NOCCN2CCCC(C(=O)O)C2)c2cccc(OC)c2)c1.Cl. The van der Waals surface area contributed by atoms with Crippen molar-refractivity contribution >= 4 is 24.1 Å². The van der Waals surface area contributed by atoms with Crippen molar-refractivity contribution in [1.82, 2.24) is 4.90 Å². The van der Waals surface area contributed by atoms with Gasteiger partial charge in [-0.25, -0.2) is 0 Å². The molecule has 1 atom stereocenters. The average Bonchev–Trinajstić information content (AvgIpc) is 2.79. The summed E-state index contributed by atoms with van der Waals surface area (Å²) in [5.74, 6) is 0.440. The number of methoxy groups -OCH3 is 2. The van der Waals surface area contributed by atoms with Crippen LogP contribution < -0.4 is 9.47 Å². The fraction of sp³-hybridized carbons (Fsp3) is 0.391. The summed E-state index contributed by atoms with van der Waals surface area (Å²) in [6, 6.07) is 15.3. The van der Waals surface area contributed by atoms with Crippen LogP contribution in [0.3, 0.4) is 0 Å². The summed E-state index contributed by atoms with van der Waals surface area (Å²) in [5, 5.41) is 13.7. The van der Waals surface area contributed by atoms with E-state index in [-0.39, 0.29) is 18.3 Å². The maximum Gasteiger partial charge on any atom is 0.307 e. The minimum atomic E-state index is -0.725. The summed E-state index contributed by atoms with van der Waals surface area (Å²) in [6.45, 7) is 2.46. The molecular formula is C23H29ClN2O5. The highest BCUT2D eigenvalue weighted by molar-refractivity contribution is 6.13. The summed E-state index contributed by atoms with van der Waals surface area (Å²) in [4.78, 5) is 19.0. The van der Waals surface area contributed by atoms with Gasteiger partial charge in [0.1, 0.15) is 23.8 Å². The van der Waals surface area contributed by atoms with Crippen LogP contribution in [0.1, 0.15) is 24.0 Å². The second kappa shape index (κ2) is 12.2. The Labute approximate surface area is 189 Å². The number of oxime groups is 1. The number of carboxylic acid groups (broad SMARTS) is 1. The molecule has 0 saturated carbocycles. The Kier molecular flexibility index (Phi) is 9.62. The molecule has 1 fully saturated rings. The second-order valence-electron chi connectivity index (χ2n) is 7.22. The van der Waals surface area contributed by atoms with Crippen LogP contribution in [0.5, 0.6) is 11.5 Å². The zero-order valence-electron chi connectivity index (χ0n) is 17.8. The van der Waals surface area contributed by atoms with Crippen LogP contribution in [0.15, 0.2) is 53.7 Å². The van der Waals surface area contributed by atoms with Crippen molar-refractivity contribution in [3.05, 3.63) is 59.7 Å². The van der Waals surface area contributed by atoms with Gasteiger partial charge in [0.05, 0.1) is 20.1 Å². The van der Waals surface area contributed by atoms with Gasteiger partial charge in [0.2, 0.25) is 0 Å². The molecule has 168 valence electrons. The molecule has 31 heavy (non-hydrogen) atoms. The Hall–Kier alpha value is -2.77. The minimum absolute atomic E-state index is 0. The predicted molar refractivity (Wildman–Crippen MR) is 122 cm³/mol. The number of rotatable bonds is 9. The van der Waals surface area contributed by atoms with Crippen LogP contribution in [0.25, 0.3) is 0 Å². The summed E-state index contributed by atoms with van der Waals surface area (Å²) >= 11 is 0. The van der Waals surface area contributed by atoms with Gasteiger partial charge in [-0.3, -0.25) is 9.69 Å². The molecule has 1 unspecified atom stereocenters. The normalized spacial score (nSPS) is 16.0. The fourth-order valence-electron chi connectivity index (χ4n) is 3.55. The van der Waals surface area contributed by atoms with Gasteiger partial charge < -0.3 is 19.4 Å². The van der Waals surface area contributed by atoms with Gasteiger partial charge in [0, 0.05) is 24.2 Å². The van der Waals surface area contributed by atoms with Crippen LogP contribution in [0.2, 0.25) is 0 Å². The maximum absolute atomic E-state index is 11.2. The standard InChI is InChI=1S/C23H28N2O5.ClH/c1-28-20-9-3-6-17(14-20)22(18-7-4-10-21(15-18)29-2)24-30-13-12-25-11-5-8-19(16-25)23(26)27;/h3-4,6-7,9-10,14-15,19H,5,8,11-13,16H2,1-2H3,(H,26,27);1H. The number of hydrogen-bond donors (Lipinski definition) is 1. The van der Waals surface area contributed by atoms with Gasteiger partial charge in [0.15, 0.2) is 0 Å². The zero-order valence-corrected chi connectivity index (χ0v) is 18.6. The Morgan fingerprint density at radius 2 is 1.71 bits per heavy atom. The van der Waals surface area contributed by atoms with Crippen molar-refractivity contribution < 1.29 is 24.2 Å². The first-order chi connectivity index (χ1) is 14.6. The van der Waals surface area contributed by atoms with E-state index in [0.29, 0.717) is 25.4 Å². The van der Waals surface area contributed by atoms with Gasteiger partial charge in [0.25, 0.3) is 0 Å². The van der Waals surface area contributed by atoms with Crippen LogP contribution in [-0.2, 0) is 9.63 Å². The number of aliphatic carboxylic acids is 1. The van der Waals surface area contributed by atoms with Crippen LogP contribution in [-0.4, -0.2) is 62.1 Å². The second-order valence-corrected chi connectivity index (χ2v) is 7.22. The number of benzene rings is 2. The van der Waals surface area contributed by atoms with Crippen molar-refractivity contribution in [2.24, 2.45) is 11.1 Å². The summed E-state index contributed by atoms with van der Waals surface area (Å²) in [5.41, 5.74) is 2.41. The number of likely N-dealkylation sites (tertiary alicyclic amines) is 1. The first-order valence-electron chi connectivity index (χ1n) is 10.0. The monoisotopic (exact) mass is 448 g/mol. The lowest BCUT2D eigenvalue weighted by atomic mass is 9.98. The van der Waals surface area contributed by atoms with E-state index in [4.69, 9.17) is 14.3 Å². The Bertz CT molecular complexity index is 840. The molecule has 1 saturated heterocycles. The van der Waals surface area contributed by atoms with E-state index in [2.05, 4.69) is 10.1 Å². The minimum Gasteiger partial charge on any atom is -0.497 e. The van der Waals surface area contributed by atoms with E-state index >= 15 is 0 Å². The van der Waals surface area contributed by atoms with Crippen molar-refractivity contribution in [2.75, 3.05) is 40.5 Å². The molecule has 0 amide bonds. The molecule has 0 radical (unpaired) electrons. The van der Waals surface area contributed by atoms with Gasteiger partial charge in [-0.1, -0.05) is 29.4 Å². The first-order valence-corrected chi connectivity index (χ1v) is 10.0. The molecule has 8 heteroatoms. The van der Waals surface area contributed by atoms with Gasteiger partial charge in [-0.15, -0.1) is 12.4 Å². The molecule has 2 aromatic carbocycles.